The van der Waals surface area contributed by atoms with Crippen LogP contribution in [0.1, 0.15) is 89.8 Å². The summed E-state index contributed by atoms with van der Waals surface area (Å²) >= 11 is 0. The molecule has 280 valence electrons. The number of fused-ring (bicyclic) bond motifs is 5. The molecule has 0 unspecified atom stereocenters. The van der Waals surface area contributed by atoms with Gasteiger partial charge in [-0.05, 0) is 84.2 Å². The number of ether oxygens (including phenoxy) is 4. The number of aryl methyl sites for hydroxylation is 1. The van der Waals surface area contributed by atoms with E-state index in [1.165, 1.54) is 12.5 Å². The molecule has 53 heavy (non-hydrogen) atoms. The van der Waals surface area contributed by atoms with Crippen molar-refractivity contribution >= 4 is 35.0 Å². The number of cyclic esters (lactones) is 1. The van der Waals surface area contributed by atoms with Gasteiger partial charge in [0.2, 0.25) is 0 Å². The number of carbonyl (C=O) groups excluding carboxylic acids is 4. The van der Waals surface area contributed by atoms with Gasteiger partial charge < -0.3 is 33.9 Å². The minimum atomic E-state index is -1.94. The maximum Gasteiger partial charge on any atom is 0.419 e. The maximum absolute atomic E-state index is 13.7. The zero-order valence-electron chi connectivity index (χ0n) is 31.0. The summed E-state index contributed by atoms with van der Waals surface area (Å²) in [5.74, 6) is -1.42. The zero-order valence-corrected chi connectivity index (χ0v) is 31.0. The van der Waals surface area contributed by atoms with Gasteiger partial charge >= 0.3 is 24.1 Å². The quantitative estimate of drug-likeness (QED) is 0.134. The van der Waals surface area contributed by atoms with E-state index >= 15 is 0 Å². The molecule has 3 aromatic heterocycles. The molecule has 0 fully saturated rings. The molecule has 2 N–H and O–H groups in total. The molecule has 2 aliphatic rings. The summed E-state index contributed by atoms with van der Waals surface area (Å²) < 4.78 is 24.5. The topological polar surface area (TPSA) is 190 Å². The van der Waals surface area contributed by atoms with Crippen LogP contribution in [0.3, 0.4) is 0 Å². The minimum Gasteiger partial charge on any atom is -0.458 e. The molecule has 15 heteroatoms. The molecular weight excluding hydrogens is 686 g/mol. The Bertz CT molecular complexity index is 2220. The SMILES string of the molecule is CCc1c2c(nc3ccc(OC(=O)[C@H](Cc4cn(C(=O)OC(C)(C)C)cn4)NC(=O)OC(C)(C)C)cc13)-c1cc3c(c(=O)n1C2)COC(=O)[C@]3(O)CC. The summed E-state index contributed by atoms with van der Waals surface area (Å²) in [6, 6.07) is 5.35. The Morgan fingerprint density at radius 2 is 1.75 bits per heavy atom. The third-order valence-electron chi connectivity index (χ3n) is 8.98. The molecule has 4 aromatic rings. The van der Waals surface area contributed by atoms with E-state index in [1.807, 2.05) is 6.92 Å². The van der Waals surface area contributed by atoms with Crippen LogP contribution >= 0.6 is 0 Å². The lowest BCUT2D eigenvalue weighted by Crippen LogP contribution is -2.46. The monoisotopic (exact) mass is 729 g/mol. The first-order valence-corrected chi connectivity index (χ1v) is 17.4. The molecular formula is C38H43N5O10. The van der Waals surface area contributed by atoms with E-state index in [1.54, 1.807) is 77.3 Å². The van der Waals surface area contributed by atoms with Gasteiger partial charge in [0.1, 0.15) is 35.9 Å². The molecule has 0 spiro atoms. The number of alkyl carbamates (subject to hydrolysis) is 1. The molecule has 0 saturated heterocycles. The number of aromatic nitrogens is 4. The number of nitrogens with zero attached hydrogens (tertiary/aromatic N) is 4. The zero-order chi connectivity index (χ0) is 38.6. The van der Waals surface area contributed by atoms with E-state index in [0.717, 1.165) is 15.7 Å². The van der Waals surface area contributed by atoms with E-state index in [2.05, 4.69) is 10.3 Å². The van der Waals surface area contributed by atoms with Crippen LogP contribution in [0.4, 0.5) is 9.59 Å². The van der Waals surface area contributed by atoms with Gasteiger partial charge in [0, 0.05) is 29.1 Å². The Kier molecular flexibility index (Phi) is 9.43. The molecule has 0 saturated carbocycles. The summed E-state index contributed by atoms with van der Waals surface area (Å²) in [6.07, 6.45) is 1.63. The lowest BCUT2D eigenvalue weighted by Gasteiger charge is -2.31. The normalized spacial score (nSPS) is 17.0. The summed E-state index contributed by atoms with van der Waals surface area (Å²) in [4.78, 5) is 74.5. The van der Waals surface area contributed by atoms with Crippen molar-refractivity contribution in [1.29, 1.82) is 0 Å². The number of imidazole rings is 1. The Hall–Kier alpha value is -5.57. The third kappa shape index (κ3) is 7.25. The van der Waals surface area contributed by atoms with Gasteiger partial charge in [0.05, 0.1) is 34.7 Å². The van der Waals surface area contributed by atoms with Gasteiger partial charge in [0.15, 0.2) is 5.60 Å². The van der Waals surface area contributed by atoms with Crippen molar-refractivity contribution in [2.24, 2.45) is 0 Å². The number of pyridine rings is 2. The van der Waals surface area contributed by atoms with Gasteiger partial charge in [-0.15, -0.1) is 0 Å². The highest BCUT2D eigenvalue weighted by Crippen LogP contribution is 2.40. The van der Waals surface area contributed by atoms with Crippen LogP contribution < -0.4 is 15.6 Å². The predicted molar refractivity (Wildman–Crippen MR) is 190 cm³/mol. The fraction of sp³-hybridized carbons (Fsp3) is 0.447. The fourth-order valence-corrected chi connectivity index (χ4v) is 6.53. The molecule has 0 aliphatic carbocycles. The third-order valence-corrected chi connectivity index (χ3v) is 8.98. The van der Waals surface area contributed by atoms with Crippen molar-refractivity contribution in [3.63, 3.8) is 0 Å². The number of amides is 1. The van der Waals surface area contributed by atoms with Crippen molar-refractivity contribution in [2.45, 2.75) is 111 Å². The average molecular weight is 730 g/mol. The van der Waals surface area contributed by atoms with Gasteiger partial charge in [-0.3, -0.25) is 4.79 Å². The van der Waals surface area contributed by atoms with Crippen molar-refractivity contribution in [1.82, 2.24) is 24.4 Å². The van der Waals surface area contributed by atoms with Crippen LogP contribution in [0.2, 0.25) is 0 Å². The number of carbonyl (C=O) groups is 4. The summed E-state index contributed by atoms with van der Waals surface area (Å²) in [7, 11) is 0. The molecule has 15 nitrogen and oxygen atoms in total. The van der Waals surface area contributed by atoms with Crippen molar-refractivity contribution in [3.05, 3.63) is 75.1 Å². The van der Waals surface area contributed by atoms with Crippen LogP contribution in [0.25, 0.3) is 22.3 Å². The number of aliphatic hydroxyl groups is 1. The molecule has 0 radical (unpaired) electrons. The van der Waals surface area contributed by atoms with E-state index in [-0.39, 0.29) is 48.4 Å². The molecule has 1 aromatic carbocycles. The van der Waals surface area contributed by atoms with Crippen LogP contribution in [-0.4, -0.2) is 65.6 Å². The summed E-state index contributed by atoms with van der Waals surface area (Å²) in [5.41, 5.74) is 0.167. The number of hydrogen-bond donors (Lipinski definition) is 2. The Morgan fingerprint density at radius 1 is 1.04 bits per heavy atom. The van der Waals surface area contributed by atoms with Gasteiger partial charge in [-0.1, -0.05) is 13.8 Å². The standard InChI is InChI=1S/C38H43N5O10/c1-9-22-23-14-21(51-32(45)28(41-34(47)52-36(3,4)5)13-20-16-42(19-39-20)35(48)53-37(6,7)8)11-12-27(23)40-30-24(22)17-43-29(30)15-26-25(31(43)44)18-50-33(46)38(26,49)10-2/h11-12,14-16,19,28,49H,9-10,13,17-18H2,1-8H3,(H,41,47)/t28-,38-/m0/s1. The fourth-order valence-electron chi connectivity index (χ4n) is 6.53. The molecule has 2 atom stereocenters. The number of hydrogen-bond acceptors (Lipinski definition) is 12. The highest BCUT2D eigenvalue weighted by Gasteiger charge is 2.45. The van der Waals surface area contributed by atoms with Crippen LogP contribution in [0.15, 0.2) is 41.6 Å². The smallest absolute Gasteiger partial charge is 0.419 e. The molecule has 1 amide bonds. The number of rotatable bonds is 7. The minimum absolute atomic E-state index is 0.0327. The summed E-state index contributed by atoms with van der Waals surface area (Å²) in [5, 5.41) is 14.5. The largest absolute Gasteiger partial charge is 0.458 e. The van der Waals surface area contributed by atoms with Crippen LogP contribution in [-0.2, 0) is 55.4 Å². The number of nitrogens with one attached hydrogen (secondary N) is 1. The second-order valence-corrected chi connectivity index (χ2v) is 15.1. The second kappa shape index (κ2) is 13.4. The highest BCUT2D eigenvalue weighted by molar-refractivity contribution is 5.91. The Morgan fingerprint density at radius 3 is 2.42 bits per heavy atom. The number of esters is 2. The maximum atomic E-state index is 13.7. The average Bonchev–Trinajstić information content (AvgIpc) is 3.69. The second-order valence-electron chi connectivity index (χ2n) is 15.1. The van der Waals surface area contributed by atoms with Gasteiger partial charge in [-0.25, -0.2) is 33.7 Å². The van der Waals surface area contributed by atoms with Crippen molar-refractivity contribution in [2.75, 3.05) is 0 Å². The van der Waals surface area contributed by atoms with E-state index in [0.29, 0.717) is 34.4 Å². The predicted octanol–water partition coefficient (Wildman–Crippen LogP) is 4.66. The molecule has 6 rings (SSSR count). The highest BCUT2D eigenvalue weighted by atomic mass is 16.6. The van der Waals surface area contributed by atoms with Crippen LogP contribution in [0.5, 0.6) is 5.75 Å². The lowest BCUT2D eigenvalue weighted by molar-refractivity contribution is -0.172. The Balaban J connectivity index is 1.31. The first-order valence-electron chi connectivity index (χ1n) is 17.4. The number of benzene rings is 1. The first-order chi connectivity index (χ1) is 24.8. The van der Waals surface area contributed by atoms with E-state index in [4.69, 9.17) is 23.9 Å². The Labute approximate surface area is 305 Å². The first kappa shape index (κ1) is 37.2. The molecule has 2 aliphatic heterocycles. The molecule has 5 heterocycles. The van der Waals surface area contributed by atoms with E-state index < -0.39 is 47.0 Å². The lowest BCUT2D eigenvalue weighted by atomic mass is 9.86. The van der Waals surface area contributed by atoms with Crippen molar-refractivity contribution < 1.29 is 43.2 Å². The van der Waals surface area contributed by atoms with Gasteiger partial charge in [-0.2, -0.15) is 0 Å². The van der Waals surface area contributed by atoms with Crippen LogP contribution in [0, 0.1) is 0 Å². The summed E-state index contributed by atoms with van der Waals surface area (Å²) in [6.45, 7) is 13.9. The van der Waals surface area contributed by atoms with Crippen molar-refractivity contribution in [3.8, 4) is 17.1 Å². The van der Waals surface area contributed by atoms with Gasteiger partial charge in [0.25, 0.3) is 5.56 Å². The van der Waals surface area contributed by atoms with E-state index in [9.17, 15) is 29.1 Å². The molecule has 0 bridgehead atoms.